The minimum absolute atomic E-state index is 0.0611. The van der Waals surface area contributed by atoms with Crippen LogP contribution in [0.3, 0.4) is 0 Å². The standard InChI is InChI=1S/C16H11Cl3N2O2/c17-9-2-1-3-10(6-9)20-14-8-15(22)21(16(14)23)11-4-5-12(18)13(19)7-11/h1-7,14,20H,8H2/t14-/m0/s1. The number of carbonyl (C=O) groups excluding carboxylic acids is 2. The first-order chi connectivity index (χ1) is 11.0. The van der Waals surface area contributed by atoms with Crippen molar-refractivity contribution in [3.63, 3.8) is 0 Å². The average Bonchev–Trinajstić information content (AvgIpc) is 2.77. The second kappa shape index (κ2) is 6.40. The fourth-order valence-corrected chi connectivity index (χ4v) is 2.90. The third-order valence-electron chi connectivity index (χ3n) is 3.47. The zero-order chi connectivity index (χ0) is 16.6. The number of hydrogen-bond donors (Lipinski definition) is 1. The second-order valence-corrected chi connectivity index (χ2v) is 6.33. The molecule has 23 heavy (non-hydrogen) atoms. The number of rotatable bonds is 3. The van der Waals surface area contributed by atoms with Crippen molar-refractivity contribution in [3.8, 4) is 0 Å². The van der Waals surface area contributed by atoms with Crippen molar-refractivity contribution in [1.82, 2.24) is 0 Å². The van der Waals surface area contributed by atoms with Crippen molar-refractivity contribution in [2.45, 2.75) is 12.5 Å². The third kappa shape index (κ3) is 3.29. The van der Waals surface area contributed by atoms with Gasteiger partial charge < -0.3 is 5.32 Å². The number of halogens is 3. The molecule has 0 bridgehead atoms. The predicted molar refractivity (Wildman–Crippen MR) is 92.4 cm³/mol. The molecule has 1 atom stereocenters. The lowest BCUT2D eigenvalue weighted by Gasteiger charge is -2.16. The van der Waals surface area contributed by atoms with E-state index in [1.54, 1.807) is 36.4 Å². The number of nitrogens with one attached hydrogen (secondary N) is 1. The maximum Gasteiger partial charge on any atom is 0.256 e. The first kappa shape index (κ1) is 16.1. The maximum atomic E-state index is 12.5. The summed E-state index contributed by atoms with van der Waals surface area (Å²) in [6.07, 6.45) is 0.0611. The molecule has 0 saturated carbocycles. The molecule has 118 valence electrons. The summed E-state index contributed by atoms with van der Waals surface area (Å²) in [5, 5.41) is 4.23. The van der Waals surface area contributed by atoms with E-state index in [1.165, 1.54) is 6.07 Å². The average molecular weight is 370 g/mol. The van der Waals surface area contributed by atoms with Crippen molar-refractivity contribution in [2.75, 3.05) is 10.2 Å². The third-order valence-corrected chi connectivity index (χ3v) is 4.45. The van der Waals surface area contributed by atoms with Gasteiger partial charge in [-0.1, -0.05) is 40.9 Å². The predicted octanol–water partition coefficient (Wildman–Crippen LogP) is 4.39. The molecule has 1 fully saturated rings. The van der Waals surface area contributed by atoms with Gasteiger partial charge in [-0.25, -0.2) is 4.90 Å². The summed E-state index contributed by atoms with van der Waals surface area (Å²) in [4.78, 5) is 25.9. The van der Waals surface area contributed by atoms with E-state index in [-0.39, 0.29) is 23.3 Å². The van der Waals surface area contributed by atoms with Gasteiger partial charge in [-0.3, -0.25) is 9.59 Å². The molecule has 1 heterocycles. The van der Waals surface area contributed by atoms with Crippen molar-refractivity contribution in [3.05, 3.63) is 57.5 Å². The number of nitrogens with zero attached hydrogens (tertiary/aromatic N) is 1. The van der Waals surface area contributed by atoms with Gasteiger partial charge in [0.15, 0.2) is 0 Å². The van der Waals surface area contributed by atoms with Gasteiger partial charge in [-0.15, -0.1) is 0 Å². The van der Waals surface area contributed by atoms with Gasteiger partial charge in [0.1, 0.15) is 6.04 Å². The molecule has 0 radical (unpaired) electrons. The Bertz CT molecular complexity index is 795. The van der Waals surface area contributed by atoms with E-state index in [2.05, 4.69) is 5.32 Å². The molecule has 0 aromatic heterocycles. The summed E-state index contributed by atoms with van der Waals surface area (Å²) < 4.78 is 0. The van der Waals surface area contributed by atoms with Crippen LogP contribution in [0.25, 0.3) is 0 Å². The SMILES string of the molecule is O=C1C[C@H](Nc2cccc(Cl)c2)C(=O)N1c1ccc(Cl)c(Cl)c1. The summed E-state index contributed by atoms with van der Waals surface area (Å²) in [5.74, 6) is -0.638. The minimum atomic E-state index is -0.643. The van der Waals surface area contributed by atoms with Crippen LogP contribution in [-0.4, -0.2) is 17.9 Å². The summed E-state index contributed by atoms with van der Waals surface area (Å²) >= 11 is 17.7. The molecule has 3 rings (SSSR count). The van der Waals surface area contributed by atoms with Gasteiger partial charge in [-0.2, -0.15) is 0 Å². The monoisotopic (exact) mass is 368 g/mol. The number of hydrogen-bond acceptors (Lipinski definition) is 3. The smallest absolute Gasteiger partial charge is 0.256 e. The molecule has 0 spiro atoms. The van der Waals surface area contributed by atoms with Gasteiger partial charge >= 0.3 is 0 Å². The van der Waals surface area contributed by atoms with E-state index in [9.17, 15) is 9.59 Å². The van der Waals surface area contributed by atoms with Gasteiger partial charge in [0.2, 0.25) is 5.91 Å². The Morgan fingerprint density at radius 3 is 2.48 bits per heavy atom. The molecule has 1 aliphatic rings. The largest absolute Gasteiger partial charge is 0.373 e. The van der Waals surface area contributed by atoms with Crippen LogP contribution in [0, 0.1) is 0 Å². The van der Waals surface area contributed by atoms with Crippen LogP contribution < -0.4 is 10.2 Å². The van der Waals surface area contributed by atoms with Gasteiger partial charge in [0.25, 0.3) is 5.91 Å². The molecule has 7 heteroatoms. The zero-order valence-corrected chi connectivity index (χ0v) is 14.0. The lowest BCUT2D eigenvalue weighted by Crippen LogP contribution is -2.34. The summed E-state index contributed by atoms with van der Waals surface area (Å²) in [5.41, 5.74) is 1.09. The van der Waals surface area contributed by atoms with Crippen LogP contribution in [0.5, 0.6) is 0 Å². The Kier molecular flexibility index (Phi) is 4.48. The van der Waals surface area contributed by atoms with E-state index >= 15 is 0 Å². The van der Waals surface area contributed by atoms with Crippen LogP contribution >= 0.6 is 34.8 Å². The van der Waals surface area contributed by atoms with Crippen LogP contribution in [0.2, 0.25) is 15.1 Å². The Morgan fingerprint density at radius 2 is 1.78 bits per heavy atom. The lowest BCUT2D eigenvalue weighted by atomic mass is 10.2. The Morgan fingerprint density at radius 1 is 1.00 bits per heavy atom. The second-order valence-electron chi connectivity index (χ2n) is 5.08. The number of imide groups is 1. The van der Waals surface area contributed by atoms with Crippen LogP contribution in [0.4, 0.5) is 11.4 Å². The Labute approximate surface area is 147 Å². The summed E-state index contributed by atoms with van der Waals surface area (Å²) in [6.45, 7) is 0. The van der Waals surface area contributed by atoms with Crippen LogP contribution in [-0.2, 0) is 9.59 Å². The normalized spacial score (nSPS) is 17.7. The van der Waals surface area contributed by atoms with E-state index in [4.69, 9.17) is 34.8 Å². The first-order valence-corrected chi connectivity index (χ1v) is 7.93. The summed E-state index contributed by atoms with van der Waals surface area (Å²) in [7, 11) is 0. The number of anilines is 2. The Balaban J connectivity index is 1.83. The maximum absolute atomic E-state index is 12.5. The van der Waals surface area contributed by atoms with Crippen molar-refractivity contribution < 1.29 is 9.59 Å². The number of amides is 2. The molecule has 1 saturated heterocycles. The molecular weight excluding hydrogens is 359 g/mol. The molecule has 2 aromatic rings. The highest BCUT2D eigenvalue weighted by Crippen LogP contribution is 2.31. The summed E-state index contributed by atoms with van der Waals surface area (Å²) in [6, 6.07) is 11.0. The number of carbonyl (C=O) groups is 2. The molecular formula is C16H11Cl3N2O2. The molecule has 4 nitrogen and oxygen atoms in total. The van der Waals surface area contributed by atoms with E-state index in [0.717, 1.165) is 4.90 Å². The molecule has 1 N–H and O–H groups in total. The molecule has 0 unspecified atom stereocenters. The van der Waals surface area contributed by atoms with Gasteiger partial charge in [-0.05, 0) is 36.4 Å². The minimum Gasteiger partial charge on any atom is -0.373 e. The van der Waals surface area contributed by atoms with Crippen molar-refractivity contribution >= 4 is 58.0 Å². The van der Waals surface area contributed by atoms with Crippen molar-refractivity contribution in [1.29, 1.82) is 0 Å². The van der Waals surface area contributed by atoms with Gasteiger partial charge in [0, 0.05) is 10.7 Å². The first-order valence-electron chi connectivity index (χ1n) is 6.79. The van der Waals surface area contributed by atoms with E-state index < -0.39 is 6.04 Å². The zero-order valence-electron chi connectivity index (χ0n) is 11.7. The van der Waals surface area contributed by atoms with E-state index in [0.29, 0.717) is 21.4 Å². The van der Waals surface area contributed by atoms with E-state index in [1.807, 2.05) is 0 Å². The fraction of sp³-hybridized carbons (Fsp3) is 0.125. The highest BCUT2D eigenvalue weighted by atomic mass is 35.5. The molecule has 2 aromatic carbocycles. The van der Waals surface area contributed by atoms with Crippen LogP contribution in [0.15, 0.2) is 42.5 Å². The van der Waals surface area contributed by atoms with Crippen molar-refractivity contribution in [2.24, 2.45) is 0 Å². The molecule has 0 aliphatic carbocycles. The Hall–Kier alpha value is -1.75. The highest BCUT2D eigenvalue weighted by molar-refractivity contribution is 6.42. The fourth-order valence-electron chi connectivity index (χ4n) is 2.42. The highest BCUT2D eigenvalue weighted by Gasteiger charge is 2.39. The number of benzene rings is 2. The molecule has 2 amide bonds. The van der Waals surface area contributed by atoms with Crippen LogP contribution in [0.1, 0.15) is 6.42 Å². The topological polar surface area (TPSA) is 49.4 Å². The van der Waals surface area contributed by atoms with Gasteiger partial charge in [0.05, 0.1) is 22.2 Å². The lowest BCUT2D eigenvalue weighted by molar-refractivity contribution is -0.121. The molecule has 1 aliphatic heterocycles. The quantitative estimate of drug-likeness (QED) is 0.816.